The van der Waals surface area contributed by atoms with Crippen LogP contribution in [0.4, 0.5) is 22.7 Å². The monoisotopic (exact) mass is 904 g/mol. The molecule has 0 aromatic heterocycles. The molecule has 2 nitrogen and oxygen atoms in total. The van der Waals surface area contributed by atoms with Gasteiger partial charge in [0.25, 0.3) is 0 Å². The van der Waals surface area contributed by atoms with Crippen LogP contribution in [0.15, 0.2) is 224 Å². The minimum absolute atomic E-state index is 0.205. The summed E-state index contributed by atoms with van der Waals surface area (Å²) in [6, 6.07) is 84.2. The summed E-state index contributed by atoms with van der Waals surface area (Å²) >= 11 is 0. The van der Waals surface area contributed by atoms with Crippen LogP contribution in [0, 0.1) is 0 Å². The van der Waals surface area contributed by atoms with Gasteiger partial charge in [-0.05, 0) is 151 Å². The van der Waals surface area contributed by atoms with Crippen molar-refractivity contribution in [2.45, 2.75) is 76.8 Å². The highest BCUT2D eigenvalue weighted by Gasteiger charge is 2.50. The highest BCUT2D eigenvalue weighted by Crippen LogP contribution is 2.58. The third-order valence-corrected chi connectivity index (χ3v) is 16.2. The van der Waals surface area contributed by atoms with Gasteiger partial charge in [0.05, 0.1) is 11.1 Å². The van der Waals surface area contributed by atoms with Gasteiger partial charge in [0.15, 0.2) is 0 Å². The molecule has 342 valence electrons. The van der Waals surface area contributed by atoms with Crippen LogP contribution >= 0.6 is 0 Å². The fourth-order valence-electron chi connectivity index (χ4n) is 12.3. The zero-order valence-corrected chi connectivity index (χ0v) is 41.1. The van der Waals surface area contributed by atoms with Gasteiger partial charge in [0, 0.05) is 34.6 Å². The number of benzene rings is 10. The number of hydrogen-bond acceptors (Lipinski definition) is 2. The van der Waals surface area contributed by atoms with E-state index in [0.29, 0.717) is 0 Å². The number of nitrogens with zero attached hydrogens (tertiary/aromatic N) is 2. The average molecular weight is 905 g/mol. The highest BCUT2D eigenvalue weighted by atomic mass is 15.2. The van der Waals surface area contributed by atoms with Crippen molar-refractivity contribution in [2.24, 2.45) is 0 Å². The van der Waals surface area contributed by atoms with E-state index in [-0.39, 0.29) is 16.5 Å². The van der Waals surface area contributed by atoms with Gasteiger partial charge < -0.3 is 9.80 Å². The van der Waals surface area contributed by atoms with E-state index in [1.54, 1.807) is 0 Å². The van der Waals surface area contributed by atoms with Gasteiger partial charge in [0.2, 0.25) is 0 Å². The number of fused-ring (bicyclic) bond motifs is 6. The maximum absolute atomic E-state index is 2.69. The SMILES string of the molecule is CCCC1(N(c2ccc(-c3ccccc3)cc2)c2ccc3ccccc3c2)Cc2cc3c(cc21)C(C)(C)c1cc(C(C)(CC)N(c2ccc(-c4ccccc4)cc2)c2ccc4ccccc4c2)ccc1-3. The van der Waals surface area contributed by atoms with Crippen LogP contribution < -0.4 is 9.80 Å². The first-order valence-electron chi connectivity index (χ1n) is 25.4. The average Bonchev–Trinajstić information content (AvgIpc) is 3.62. The zero-order chi connectivity index (χ0) is 47.6. The van der Waals surface area contributed by atoms with E-state index in [4.69, 9.17) is 0 Å². The first-order chi connectivity index (χ1) is 34.2. The van der Waals surface area contributed by atoms with E-state index in [1.807, 2.05) is 0 Å². The topological polar surface area (TPSA) is 6.48 Å². The van der Waals surface area contributed by atoms with E-state index >= 15 is 0 Å². The quantitative estimate of drug-likeness (QED) is 0.121. The molecule has 10 aromatic rings. The second kappa shape index (κ2) is 17.1. The third-order valence-electron chi connectivity index (χ3n) is 16.2. The van der Waals surface area contributed by atoms with Crippen molar-refractivity contribution < 1.29 is 0 Å². The Morgan fingerprint density at radius 1 is 0.429 bits per heavy atom. The first-order valence-corrected chi connectivity index (χ1v) is 25.4. The van der Waals surface area contributed by atoms with Gasteiger partial charge in [-0.2, -0.15) is 0 Å². The molecule has 70 heavy (non-hydrogen) atoms. The van der Waals surface area contributed by atoms with Crippen LogP contribution in [0.2, 0.25) is 0 Å². The van der Waals surface area contributed by atoms with Gasteiger partial charge in [-0.3, -0.25) is 0 Å². The van der Waals surface area contributed by atoms with Gasteiger partial charge in [-0.15, -0.1) is 0 Å². The van der Waals surface area contributed by atoms with E-state index in [0.717, 1.165) is 25.7 Å². The lowest BCUT2D eigenvalue weighted by atomic mass is 9.64. The van der Waals surface area contributed by atoms with Crippen LogP contribution in [-0.2, 0) is 22.9 Å². The molecule has 0 aliphatic heterocycles. The Morgan fingerprint density at radius 2 is 0.929 bits per heavy atom. The lowest BCUT2D eigenvalue weighted by Crippen LogP contribution is -2.52. The molecule has 0 bridgehead atoms. The Morgan fingerprint density at radius 3 is 1.51 bits per heavy atom. The van der Waals surface area contributed by atoms with Crippen LogP contribution in [0.1, 0.15) is 81.7 Å². The smallest absolute Gasteiger partial charge is 0.0745 e. The normalized spacial score (nSPS) is 16.2. The molecular formula is C68H60N2. The number of hydrogen-bond donors (Lipinski definition) is 0. The molecule has 2 heteroatoms. The van der Waals surface area contributed by atoms with Crippen molar-refractivity contribution in [3.8, 4) is 33.4 Å². The predicted molar refractivity (Wildman–Crippen MR) is 298 cm³/mol. The maximum Gasteiger partial charge on any atom is 0.0745 e. The van der Waals surface area contributed by atoms with Gasteiger partial charge in [-0.1, -0.05) is 210 Å². The first kappa shape index (κ1) is 43.6. The summed E-state index contributed by atoms with van der Waals surface area (Å²) in [5.74, 6) is 0. The van der Waals surface area contributed by atoms with Gasteiger partial charge in [0.1, 0.15) is 0 Å². The van der Waals surface area contributed by atoms with E-state index < -0.39 is 0 Å². The van der Waals surface area contributed by atoms with Crippen molar-refractivity contribution in [1.82, 2.24) is 0 Å². The Hall–Kier alpha value is -7.68. The summed E-state index contributed by atoms with van der Waals surface area (Å²) in [6.07, 6.45) is 4.03. The van der Waals surface area contributed by atoms with E-state index in [9.17, 15) is 0 Å². The Kier molecular flexibility index (Phi) is 10.6. The highest BCUT2D eigenvalue weighted by molar-refractivity contribution is 5.90. The molecule has 2 aliphatic carbocycles. The summed E-state index contributed by atoms with van der Waals surface area (Å²) in [4.78, 5) is 5.29. The molecule has 0 heterocycles. The fourth-order valence-corrected chi connectivity index (χ4v) is 12.3. The van der Waals surface area contributed by atoms with E-state index in [2.05, 4.69) is 269 Å². The molecule has 0 radical (unpaired) electrons. The lowest BCUT2D eigenvalue weighted by molar-refractivity contribution is 0.344. The van der Waals surface area contributed by atoms with Crippen LogP contribution in [-0.4, -0.2) is 0 Å². The zero-order valence-electron chi connectivity index (χ0n) is 41.1. The predicted octanol–water partition coefficient (Wildman–Crippen LogP) is 18.5. The minimum atomic E-state index is -0.367. The fraction of sp³-hybridized carbons (Fsp3) is 0.176. The molecule has 2 aliphatic rings. The largest absolute Gasteiger partial charge is 0.331 e. The second-order valence-corrected chi connectivity index (χ2v) is 20.6. The van der Waals surface area contributed by atoms with Crippen LogP contribution in [0.3, 0.4) is 0 Å². The molecule has 12 rings (SSSR count). The Bertz CT molecular complexity index is 3550. The molecular weight excluding hydrogens is 845 g/mol. The summed E-state index contributed by atoms with van der Waals surface area (Å²) in [5.41, 5.74) is 18.8. The van der Waals surface area contributed by atoms with E-state index in [1.165, 1.54) is 105 Å². The molecule has 0 N–H and O–H groups in total. The third kappa shape index (κ3) is 7.07. The van der Waals surface area contributed by atoms with Crippen molar-refractivity contribution >= 4 is 44.3 Å². The summed E-state index contributed by atoms with van der Waals surface area (Å²) < 4.78 is 0. The van der Waals surface area contributed by atoms with Gasteiger partial charge >= 0.3 is 0 Å². The number of rotatable bonds is 12. The molecule has 0 saturated carbocycles. The standard InChI is InChI=1S/C68H60N2/c1-6-40-68(70(60-38-31-50-23-15-17-25-54(50)42-60)58-35-28-52(29-36-58)48-20-12-9-13-21-48)46-55-43-62-61-39-32-56(44-64(61)66(3,4)65(62)45-63(55)68)67(5,7-2)69(59-37-30-49-22-14-16-24-53(49)41-59)57-33-26-51(27-34-57)47-18-10-8-11-19-47/h8-39,41-45H,6-7,40,46H2,1-5H3. The molecule has 10 aromatic carbocycles. The minimum Gasteiger partial charge on any atom is -0.331 e. The Balaban J connectivity index is 0.958. The maximum atomic E-state index is 2.69. The number of anilines is 4. The van der Waals surface area contributed by atoms with Crippen LogP contribution in [0.5, 0.6) is 0 Å². The van der Waals surface area contributed by atoms with Crippen molar-refractivity contribution in [3.05, 3.63) is 252 Å². The van der Waals surface area contributed by atoms with Crippen molar-refractivity contribution in [1.29, 1.82) is 0 Å². The van der Waals surface area contributed by atoms with Crippen LogP contribution in [0.25, 0.3) is 54.9 Å². The lowest BCUT2D eigenvalue weighted by Gasteiger charge is -2.53. The second-order valence-electron chi connectivity index (χ2n) is 20.6. The van der Waals surface area contributed by atoms with Crippen molar-refractivity contribution in [2.75, 3.05) is 9.80 Å². The van der Waals surface area contributed by atoms with Crippen molar-refractivity contribution in [3.63, 3.8) is 0 Å². The molecule has 0 saturated heterocycles. The summed E-state index contributed by atoms with van der Waals surface area (Å²) in [6.45, 7) is 12.1. The molecule has 2 unspecified atom stereocenters. The molecule has 0 fully saturated rings. The Labute approximate surface area is 414 Å². The molecule has 0 spiro atoms. The summed E-state index contributed by atoms with van der Waals surface area (Å²) in [5, 5.41) is 5.03. The molecule has 2 atom stereocenters. The van der Waals surface area contributed by atoms with Gasteiger partial charge in [-0.25, -0.2) is 0 Å². The molecule has 0 amide bonds. The summed E-state index contributed by atoms with van der Waals surface area (Å²) in [7, 11) is 0.